The van der Waals surface area contributed by atoms with Gasteiger partial charge in [0.15, 0.2) is 0 Å². The van der Waals surface area contributed by atoms with Gasteiger partial charge in [0.2, 0.25) is 0 Å². The Kier molecular flexibility index (Phi) is 6.35. The van der Waals surface area contributed by atoms with Gasteiger partial charge in [-0.25, -0.2) is 4.98 Å². The van der Waals surface area contributed by atoms with Crippen molar-refractivity contribution in [2.45, 2.75) is 18.0 Å². The molecule has 3 rings (SSSR count). The maximum atomic E-state index is 13.6. The number of rotatable bonds is 6. The van der Waals surface area contributed by atoms with Gasteiger partial charge >= 0.3 is 23.9 Å². The van der Waals surface area contributed by atoms with Crippen LogP contribution in [0.1, 0.15) is 0 Å². The first-order valence-corrected chi connectivity index (χ1v) is 9.23. The number of para-hydroxylation sites is 1. The Bertz CT molecular complexity index is 1160. The van der Waals surface area contributed by atoms with Gasteiger partial charge in [-0.1, -0.05) is 30.3 Å². The standard InChI is InChI=1S/C22H15F7N2O2/c1-33-18-11-3-2-8-15(18)17-10-5-9-16(31-17)13-6-4-7-14(12-13)30-19(32)20(23,24)21(25,26)22(27,28)29/h2-12H,1H3,(H,30,32). The van der Waals surface area contributed by atoms with Crippen molar-refractivity contribution in [3.63, 3.8) is 0 Å². The second-order valence-electron chi connectivity index (χ2n) is 6.79. The van der Waals surface area contributed by atoms with Crippen LogP contribution < -0.4 is 10.1 Å². The van der Waals surface area contributed by atoms with Crippen LogP contribution >= 0.6 is 0 Å². The molecular formula is C22H15F7N2O2. The average molecular weight is 472 g/mol. The van der Waals surface area contributed by atoms with Gasteiger partial charge in [-0.15, -0.1) is 0 Å². The van der Waals surface area contributed by atoms with Crippen molar-refractivity contribution in [3.05, 3.63) is 66.7 Å². The molecule has 0 aliphatic heterocycles. The van der Waals surface area contributed by atoms with Crippen molar-refractivity contribution in [1.82, 2.24) is 4.98 Å². The molecule has 1 N–H and O–H groups in total. The number of aromatic nitrogens is 1. The predicted octanol–water partition coefficient (Wildman–Crippen LogP) is 6.20. The number of halogens is 7. The van der Waals surface area contributed by atoms with Crippen molar-refractivity contribution in [2.75, 3.05) is 12.4 Å². The summed E-state index contributed by atoms with van der Waals surface area (Å²) in [7, 11) is 1.48. The number of carbonyl (C=O) groups is 1. The Morgan fingerprint density at radius 1 is 0.848 bits per heavy atom. The van der Waals surface area contributed by atoms with Gasteiger partial charge in [-0.05, 0) is 36.4 Å². The number of nitrogens with one attached hydrogen (secondary N) is 1. The summed E-state index contributed by atoms with van der Waals surface area (Å²) in [6.07, 6.45) is -6.61. The lowest BCUT2D eigenvalue weighted by molar-refractivity contribution is -0.343. The van der Waals surface area contributed by atoms with E-state index in [4.69, 9.17) is 4.74 Å². The molecule has 0 aliphatic rings. The maximum Gasteiger partial charge on any atom is 0.460 e. The van der Waals surface area contributed by atoms with Crippen LogP contribution in [0.4, 0.5) is 36.4 Å². The van der Waals surface area contributed by atoms with Gasteiger partial charge in [0, 0.05) is 16.8 Å². The molecule has 1 amide bonds. The van der Waals surface area contributed by atoms with Crippen LogP contribution in [0.5, 0.6) is 5.75 Å². The average Bonchev–Trinajstić information content (AvgIpc) is 2.78. The number of pyridine rings is 1. The van der Waals surface area contributed by atoms with Crippen LogP contribution in [0.2, 0.25) is 0 Å². The summed E-state index contributed by atoms with van der Waals surface area (Å²) in [5.74, 6) is -14.8. The van der Waals surface area contributed by atoms with Gasteiger partial charge < -0.3 is 10.1 Å². The van der Waals surface area contributed by atoms with Gasteiger partial charge in [-0.3, -0.25) is 4.79 Å². The molecule has 1 aromatic heterocycles. The van der Waals surface area contributed by atoms with Gasteiger partial charge in [-0.2, -0.15) is 30.7 Å². The van der Waals surface area contributed by atoms with Crippen LogP contribution in [0.15, 0.2) is 66.7 Å². The molecule has 0 saturated heterocycles. The summed E-state index contributed by atoms with van der Waals surface area (Å²) in [5.41, 5.74) is 1.34. The van der Waals surface area contributed by atoms with E-state index in [0.29, 0.717) is 22.7 Å². The predicted molar refractivity (Wildman–Crippen MR) is 106 cm³/mol. The number of methoxy groups -OCH3 is 1. The highest BCUT2D eigenvalue weighted by Gasteiger charge is 2.76. The van der Waals surface area contributed by atoms with Crippen LogP contribution in [0.3, 0.4) is 0 Å². The molecule has 0 aliphatic carbocycles. The maximum absolute atomic E-state index is 13.6. The van der Waals surface area contributed by atoms with Crippen molar-refractivity contribution in [3.8, 4) is 28.3 Å². The molecule has 2 aromatic carbocycles. The molecule has 0 bridgehead atoms. The minimum absolute atomic E-state index is 0.287. The summed E-state index contributed by atoms with van der Waals surface area (Å²) in [5, 5.41) is 1.42. The zero-order valence-electron chi connectivity index (χ0n) is 16.8. The Labute approximate surface area is 183 Å². The third-order valence-electron chi connectivity index (χ3n) is 4.58. The molecule has 0 radical (unpaired) electrons. The number of amides is 1. The summed E-state index contributed by atoms with van der Waals surface area (Å²) in [6.45, 7) is 0. The molecule has 0 atom stereocenters. The fourth-order valence-corrected chi connectivity index (χ4v) is 2.89. The highest BCUT2D eigenvalue weighted by Crippen LogP contribution is 2.47. The van der Waals surface area contributed by atoms with Crippen LogP contribution in [0, 0.1) is 0 Å². The largest absolute Gasteiger partial charge is 0.496 e. The molecule has 0 unspecified atom stereocenters. The first kappa shape index (κ1) is 24.0. The van der Waals surface area contributed by atoms with E-state index in [-0.39, 0.29) is 5.56 Å². The second kappa shape index (κ2) is 8.72. The summed E-state index contributed by atoms with van der Waals surface area (Å²) < 4.78 is 95.7. The lowest BCUT2D eigenvalue weighted by Gasteiger charge is -2.27. The number of nitrogens with zero attached hydrogens (tertiary/aromatic N) is 1. The van der Waals surface area contributed by atoms with Crippen LogP contribution in [-0.2, 0) is 4.79 Å². The second-order valence-corrected chi connectivity index (χ2v) is 6.79. The molecular weight excluding hydrogens is 457 g/mol. The topological polar surface area (TPSA) is 51.2 Å². The molecule has 0 fully saturated rings. The number of hydrogen-bond donors (Lipinski definition) is 1. The van der Waals surface area contributed by atoms with E-state index >= 15 is 0 Å². The van der Waals surface area contributed by atoms with Crippen molar-refractivity contribution >= 4 is 11.6 Å². The third-order valence-corrected chi connectivity index (χ3v) is 4.58. The zero-order valence-corrected chi connectivity index (χ0v) is 16.8. The number of anilines is 1. The van der Waals surface area contributed by atoms with Gasteiger partial charge in [0.1, 0.15) is 5.75 Å². The first-order chi connectivity index (χ1) is 15.4. The van der Waals surface area contributed by atoms with E-state index in [9.17, 15) is 35.5 Å². The monoisotopic (exact) mass is 472 g/mol. The zero-order chi connectivity index (χ0) is 24.4. The number of hydrogen-bond acceptors (Lipinski definition) is 3. The normalized spacial score (nSPS) is 12.4. The fourth-order valence-electron chi connectivity index (χ4n) is 2.89. The molecule has 4 nitrogen and oxygen atoms in total. The Hall–Kier alpha value is -3.63. The Morgan fingerprint density at radius 3 is 2.15 bits per heavy atom. The third kappa shape index (κ3) is 4.62. The highest BCUT2D eigenvalue weighted by molar-refractivity contribution is 5.97. The van der Waals surface area contributed by atoms with Crippen molar-refractivity contribution < 1.29 is 40.3 Å². The number of ether oxygens (including phenoxy) is 1. The number of benzene rings is 2. The van der Waals surface area contributed by atoms with E-state index in [1.807, 2.05) is 0 Å². The smallest absolute Gasteiger partial charge is 0.460 e. The fraction of sp³-hybridized carbons (Fsp3) is 0.182. The molecule has 33 heavy (non-hydrogen) atoms. The first-order valence-electron chi connectivity index (χ1n) is 9.23. The van der Waals surface area contributed by atoms with E-state index < -0.39 is 29.6 Å². The number of alkyl halides is 7. The van der Waals surface area contributed by atoms with E-state index in [1.54, 1.807) is 42.5 Å². The molecule has 11 heteroatoms. The lowest BCUT2D eigenvalue weighted by atomic mass is 10.1. The molecule has 0 spiro atoms. The van der Waals surface area contributed by atoms with E-state index in [2.05, 4.69) is 4.98 Å². The van der Waals surface area contributed by atoms with E-state index in [0.717, 1.165) is 12.1 Å². The Morgan fingerprint density at radius 2 is 1.48 bits per heavy atom. The van der Waals surface area contributed by atoms with E-state index in [1.165, 1.54) is 24.6 Å². The summed E-state index contributed by atoms with van der Waals surface area (Å²) >= 11 is 0. The molecule has 0 saturated carbocycles. The molecule has 174 valence electrons. The lowest BCUT2D eigenvalue weighted by Crippen LogP contribution is -2.57. The highest BCUT2D eigenvalue weighted by atomic mass is 19.4. The van der Waals surface area contributed by atoms with Crippen LogP contribution in [-0.4, -0.2) is 36.0 Å². The van der Waals surface area contributed by atoms with Gasteiger partial charge in [0.05, 0.1) is 18.5 Å². The molecule has 1 heterocycles. The minimum Gasteiger partial charge on any atom is -0.496 e. The van der Waals surface area contributed by atoms with Gasteiger partial charge in [0.25, 0.3) is 0 Å². The SMILES string of the molecule is COc1ccccc1-c1cccc(-c2cccc(NC(=O)C(F)(F)C(F)(F)C(F)(F)F)c2)n1. The van der Waals surface area contributed by atoms with Crippen molar-refractivity contribution in [2.24, 2.45) is 0 Å². The molecule has 3 aromatic rings. The minimum atomic E-state index is -6.61. The van der Waals surface area contributed by atoms with Crippen LogP contribution in [0.25, 0.3) is 22.5 Å². The quantitative estimate of drug-likeness (QED) is 0.435. The Balaban J connectivity index is 1.90. The van der Waals surface area contributed by atoms with Crippen molar-refractivity contribution in [1.29, 1.82) is 0 Å². The summed E-state index contributed by atoms with van der Waals surface area (Å²) in [6, 6.07) is 16.9. The summed E-state index contributed by atoms with van der Waals surface area (Å²) in [4.78, 5) is 16.1. The number of carbonyl (C=O) groups excluding carboxylic acids is 1.